The lowest BCUT2D eigenvalue weighted by Crippen LogP contribution is -1.86. The monoisotopic (exact) mass is 240 g/mol. The molecule has 0 amide bonds. The predicted octanol–water partition coefficient (Wildman–Crippen LogP) is 4.46. The van der Waals surface area contributed by atoms with E-state index >= 15 is 0 Å². The van der Waals surface area contributed by atoms with Crippen molar-refractivity contribution in [2.75, 3.05) is 0 Å². The van der Waals surface area contributed by atoms with Crippen molar-refractivity contribution in [3.8, 4) is 0 Å². The van der Waals surface area contributed by atoms with Gasteiger partial charge in [-0.05, 0) is 27.6 Å². The molecule has 82 valence electrons. The number of hydrogen-bond donors (Lipinski definition) is 0. The van der Waals surface area contributed by atoms with E-state index < -0.39 is 0 Å². The Morgan fingerprint density at radius 1 is 0.824 bits per heavy atom. The van der Waals surface area contributed by atoms with Crippen molar-refractivity contribution in [1.29, 1.82) is 0 Å². The van der Waals surface area contributed by atoms with Gasteiger partial charge in [-0.1, -0.05) is 54.1 Å². The number of carbonyl (C=O) groups is 1. The Hall–Kier alpha value is -1.86. The molecule has 0 saturated carbocycles. The summed E-state index contributed by atoms with van der Waals surface area (Å²) in [5.41, 5.74) is 0.565. The van der Waals surface area contributed by atoms with Crippen molar-refractivity contribution < 1.29 is 4.79 Å². The van der Waals surface area contributed by atoms with E-state index in [0.717, 1.165) is 22.4 Å². The SMILES string of the molecule is O=Cc1c(Cl)ccc2c1ccc1ccccc12. The Kier molecular flexibility index (Phi) is 2.34. The topological polar surface area (TPSA) is 17.1 Å². The van der Waals surface area contributed by atoms with E-state index in [2.05, 4.69) is 12.1 Å². The quantitative estimate of drug-likeness (QED) is 0.453. The summed E-state index contributed by atoms with van der Waals surface area (Å²) < 4.78 is 0. The molecule has 0 fully saturated rings. The van der Waals surface area contributed by atoms with Gasteiger partial charge in [-0.2, -0.15) is 0 Å². The standard InChI is InChI=1S/C15H9ClO/c16-15-8-7-12-11-4-2-1-3-10(11)5-6-13(12)14(15)9-17/h1-9H. The fourth-order valence-electron chi connectivity index (χ4n) is 2.20. The van der Waals surface area contributed by atoms with Crippen LogP contribution in [0.3, 0.4) is 0 Å². The van der Waals surface area contributed by atoms with Crippen LogP contribution >= 0.6 is 11.6 Å². The van der Waals surface area contributed by atoms with Gasteiger partial charge in [-0.25, -0.2) is 0 Å². The average molecular weight is 241 g/mol. The van der Waals surface area contributed by atoms with E-state index in [-0.39, 0.29) is 0 Å². The highest BCUT2D eigenvalue weighted by atomic mass is 35.5. The number of fused-ring (bicyclic) bond motifs is 3. The number of benzene rings is 3. The summed E-state index contributed by atoms with van der Waals surface area (Å²) in [4.78, 5) is 11.1. The van der Waals surface area contributed by atoms with Gasteiger partial charge in [-0.15, -0.1) is 0 Å². The molecule has 3 aromatic carbocycles. The van der Waals surface area contributed by atoms with Gasteiger partial charge in [-0.3, -0.25) is 4.79 Å². The zero-order chi connectivity index (χ0) is 11.8. The highest BCUT2D eigenvalue weighted by Crippen LogP contribution is 2.30. The van der Waals surface area contributed by atoms with Crippen LogP contribution in [0.25, 0.3) is 21.5 Å². The maximum atomic E-state index is 11.1. The lowest BCUT2D eigenvalue weighted by Gasteiger charge is -2.06. The van der Waals surface area contributed by atoms with Crippen molar-refractivity contribution >= 4 is 39.4 Å². The van der Waals surface area contributed by atoms with Crippen LogP contribution < -0.4 is 0 Å². The van der Waals surface area contributed by atoms with E-state index in [4.69, 9.17) is 11.6 Å². The van der Waals surface area contributed by atoms with E-state index in [1.807, 2.05) is 30.3 Å². The van der Waals surface area contributed by atoms with Crippen molar-refractivity contribution in [1.82, 2.24) is 0 Å². The van der Waals surface area contributed by atoms with Gasteiger partial charge in [0.25, 0.3) is 0 Å². The van der Waals surface area contributed by atoms with Gasteiger partial charge in [0, 0.05) is 5.56 Å². The normalized spacial score (nSPS) is 10.9. The van der Waals surface area contributed by atoms with E-state index in [1.54, 1.807) is 6.07 Å². The maximum Gasteiger partial charge on any atom is 0.152 e. The molecule has 0 aromatic heterocycles. The molecule has 2 heteroatoms. The third-order valence-corrected chi connectivity index (χ3v) is 3.36. The Bertz CT molecular complexity index is 731. The Labute approximate surface area is 104 Å². The molecule has 3 rings (SSSR count). The summed E-state index contributed by atoms with van der Waals surface area (Å²) in [5, 5.41) is 4.78. The molecule has 0 N–H and O–H groups in total. The highest BCUT2D eigenvalue weighted by molar-refractivity contribution is 6.35. The van der Waals surface area contributed by atoms with Gasteiger partial charge >= 0.3 is 0 Å². The van der Waals surface area contributed by atoms with Gasteiger partial charge in [0.2, 0.25) is 0 Å². The van der Waals surface area contributed by atoms with Crippen LogP contribution in [0.1, 0.15) is 10.4 Å². The van der Waals surface area contributed by atoms with Crippen LogP contribution in [-0.4, -0.2) is 6.29 Å². The molecule has 0 spiro atoms. The molecule has 0 aliphatic rings. The first-order valence-electron chi connectivity index (χ1n) is 5.36. The molecule has 17 heavy (non-hydrogen) atoms. The fraction of sp³-hybridized carbons (Fsp3) is 0. The maximum absolute atomic E-state index is 11.1. The first-order chi connectivity index (χ1) is 8.31. The molecular weight excluding hydrogens is 232 g/mol. The molecule has 0 saturated heterocycles. The first-order valence-corrected chi connectivity index (χ1v) is 5.74. The predicted molar refractivity (Wildman–Crippen MR) is 71.9 cm³/mol. The Morgan fingerprint density at radius 2 is 1.59 bits per heavy atom. The van der Waals surface area contributed by atoms with Crippen LogP contribution in [0.2, 0.25) is 5.02 Å². The molecule has 1 nitrogen and oxygen atoms in total. The summed E-state index contributed by atoms with van der Waals surface area (Å²) in [5.74, 6) is 0. The van der Waals surface area contributed by atoms with Crippen LogP contribution in [0.4, 0.5) is 0 Å². The number of hydrogen-bond acceptors (Lipinski definition) is 1. The summed E-state index contributed by atoms with van der Waals surface area (Å²) in [6.45, 7) is 0. The van der Waals surface area contributed by atoms with Crippen molar-refractivity contribution in [2.45, 2.75) is 0 Å². The lowest BCUT2D eigenvalue weighted by atomic mass is 9.99. The summed E-state index contributed by atoms with van der Waals surface area (Å²) >= 11 is 6.02. The molecule has 0 unspecified atom stereocenters. The largest absolute Gasteiger partial charge is 0.298 e. The van der Waals surface area contributed by atoms with Crippen molar-refractivity contribution in [2.24, 2.45) is 0 Å². The van der Waals surface area contributed by atoms with Crippen molar-refractivity contribution in [3.63, 3.8) is 0 Å². The Morgan fingerprint density at radius 3 is 2.41 bits per heavy atom. The highest BCUT2D eigenvalue weighted by Gasteiger charge is 2.07. The minimum atomic E-state index is 0.503. The summed E-state index contributed by atoms with van der Waals surface area (Å²) in [6, 6.07) is 15.8. The molecular formula is C15H9ClO. The van der Waals surface area contributed by atoms with Crippen molar-refractivity contribution in [3.05, 3.63) is 59.1 Å². The Balaban J connectivity index is 2.57. The molecule has 0 aliphatic carbocycles. The molecule has 0 aliphatic heterocycles. The van der Waals surface area contributed by atoms with Crippen LogP contribution in [0.5, 0.6) is 0 Å². The second-order valence-corrected chi connectivity index (χ2v) is 4.37. The molecule has 0 atom stereocenters. The minimum Gasteiger partial charge on any atom is -0.298 e. The second kappa shape index (κ2) is 3.86. The van der Waals surface area contributed by atoms with Crippen LogP contribution in [0, 0.1) is 0 Å². The second-order valence-electron chi connectivity index (χ2n) is 3.96. The van der Waals surface area contributed by atoms with E-state index in [1.165, 1.54) is 5.39 Å². The lowest BCUT2D eigenvalue weighted by molar-refractivity contribution is 0.112. The van der Waals surface area contributed by atoms with Crippen LogP contribution in [-0.2, 0) is 0 Å². The minimum absolute atomic E-state index is 0.503. The number of rotatable bonds is 1. The molecule has 0 bridgehead atoms. The van der Waals surface area contributed by atoms with Gasteiger partial charge in [0.1, 0.15) is 0 Å². The molecule has 0 heterocycles. The van der Waals surface area contributed by atoms with E-state index in [0.29, 0.717) is 10.6 Å². The number of carbonyl (C=O) groups excluding carboxylic acids is 1. The first kappa shape index (κ1) is 10.3. The zero-order valence-corrected chi connectivity index (χ0v) is 9.74. The van der Waals surface area contributed by atoms with Crippen LogP contribution in [0.15, 0.2) is 48.5 Å². The van der Waals surface area contributed by atoms with Gasteiger partial charge in [0.15, 0.2) is 6.29 Å². The fourth-order valence-corrected chi connectivity index (χ4v) is 2.41. The number of aldehydes is 1. The zero-order valence-electron chi connectivity index (χ0n) is 8.98. The third-order valence-electron chi connectivity index (χ3n) is 3.03. The molecule has 0 radical (unpaired) electrons. The summed E-state index contributed by atoms with van der Waals surface area (Å²) in [6.07, 6.45) is 0.819. The van der Waals surface area contributed by atoms with Gasteiger partial charge in [0.05, 0.1) is 5.02 Å². The number of halogens is 1. The smallest absolute Gasteiger partial charge is 0.152 e. The third kappa shape index (κ3) is 1.51. The average Bonchev–Trinajstić information content (AvgIpc) is 2.38. The molecule has 3 aromatic rings. The van der Waals surface area contributed by atoms with Gasteiger partial charge < -0.3 is 0 Å². The summed E-state index contributed by atoms with van der Waals surface area (Å²) in [7, 11) is 0. The van der Waals surface area contributed by atoms with E-state index in [9.17, 15) is 4.79 Å².